The second-order valence-electron chi connectivity index (χ2n) is 6.92. The molecule has 0 radical (unpaired) electrons. The maximum Gasteiger partial charge on any atom is 0.159 e. The molecule has 1 aliphatic heterocycles. The first-order valence-corrected chi connectivity index (χ1v) is 9.83. The maximum absolute atomic E-state index is 15.7. The minimum Gasteiger partial charge on any atom is -0.496 e. The normalized spacial score (nSPS) is 14.3. The molecule has 4 nitrogen and oxygen atoms in total. The van der Waals surface area contributed by atoms with E-state index >= 15 is 4.39 Å². The van der Waals surface area contributed by atoms with E-state index in [1.165, 1.54) is 25.3 Å². The highest BCUT2D eigenvalue weighted by molar-refractivity contribution is 6.34. The highest BCUT2D eigenvalue weighted by Crippen LogP contribution is 2.42. The molecule has 2 heterocycles. The number of ether oxygens (including phenoxy) is 1. The van der Waals surface area contributed by atoms with Crippen LogP contribution in [0, 0.1) is 11.6 Å². The Balaban J connectivity index is 2.02. The zero-order chi connectivity index (χ0) is 20.5. The van der Waals surface area contributed by atoms with Gasteiger partial charge in [0.2, 0.25) is 0 Å². The molecule has 1 saturated heterocycles. The third kappa shape index (κ3) is 3.42. The predicted octanol–water partition coefficient (Wildman–Crippen LogP) is 5.87. The lowest BCUT2D eigenvalue weighted by Crippen LogP contribution is -2.30. The van der Waals surface area contributed by atoms with Crippen LogP contribution in [0.1, 0.15) is 25.1 Å². The Labute approximate surface area is 172 Å². The van der Waals surface area contributed by atoms with E-state index in [0.717, 1.165) is 32.4 Å². The van der Waals surface area contributed by atoms with Gasteiger partial charge in [-0.05, 0) is 43.5 Å². The van der Waals surface area contributed by atoms with Gasteiger partial charge in [-0.2, -0.15) is 0 Å². The van der Waals surface area contributed by atoms with Crippen LogP contribution in [-0.2, 0) is 0 Å². The summed E-state index contributed by atoms with van der Waals surface area (Å²) in [5.41, 5.74) is -0.0229. The van der Waals surface area contributed by atoms with Crippen molar-refractivity contribution in [2.24, 2.45) is 0 Å². The van der Waals surface area contributed by atoms with E-state index in [-0.39, 0.29) is 27.4 Å². The van der Waals surface area contributed by atoms with Crippen molar-refractivity contribution in [3.63, 3.8) is 0 Å². The molecule has 29 heavy (non-hydrogen) atoms. The Morgan fingerprint density at radius 1 is 1.14 bits per heavy atom. The fourth-order valence-electron chi connectivity index (χ4n) is 3.78. The molecule has 0 saturated carbocycles. The average Bonchev–Trinajstić information content (AvgIpc) is 2.75. The summed E-state index contributed by atoms with van der Waals surface area (Å²) in [6.07, 6.45) is 4.70. The van der Waals surface area contributed by atoms with Gasteiger partial charge in [-0.3, -0.25) is 0 Å². The predicted molar refractivity (Wildman–Crippen MR) is 113 cm³/mol. The molecule has 0 atom stereocenters. The molecule has 1 aliphatic rings. The summed E-state index contributed by atoms with van der Waals surface area (Å²) in [5, 5.41) is 0.575. The fraction of sp³-hybridized carbons (Fsp3) is 0.273. The number of rotatable bonds is 4. The third-order valence-corrected chi connectivity index (χ3v) is 5.46. The van der Waals surface area contributed by atoms with Crippen LogP contribution in [0.5, 0.6) is 5.75 Å². The van der Waals surface area contributed by atoms with Gasteiger partial charge in [-0.25, -0.2) is 18.7 Å². The lowest BCUT2D eigenvalue weighted by molar-refractivity contribution is 0.413. The van der Waals surface area contributed by atoms with Gasteiger partial charge < -0.3 is 9.64 Å². The second kappa shape index (κ2) is 7.95. The van der Waals surface area contributed by atoms with Crippen molar-refractivity contribution in [2.75, 3.05) is 25.1 Å². The van der Waals surface area contributed by atoms with Crippen molar-refractivity contribution in [3.8, 4) is 16.9 Å². The summed E-state index contributed by atoms with van der Waals surface area (Å²) in [6.45, 7) is 5.37. The molecule has 0 spiro atoms. The molecule has 0 amide bonds. The number of benzene rings is 2. The molecule has 150 valence electrons. The van der Waals surface area contributed by atoms with Crippen LogP contribution in [0.4, 0.5) is 14.6 Å². The Bertz CT molecular complexity index is 1100. The maximum atomic E-state index is 15.7. The second-order valence-corrected chi connectivity index (χ2v) is 7.33. The number of aromatic nitrogens is 2. The zero-order valence-corrected chi connectivity index (χ0v) is 16.8. The molecular weight excluding hydrogens is 396 g/mol. The summed E-state index contributed by atoms with van der Waals surface area (Å²) in [7, 11) is 1.40. The number of nitrogens with zero attached hydrogens (tertiary/aromatic N) is 3. The van der Waals surface area contributed by atoms with E-state index in [0.29, 0.717) is 17.0 Å². The standard InChI is InChI=1S/C22H20ClF2N3O/c1-3-17-26-21-13(22(27-17)28-10-5-4-6-11-28)12-14(23)18(20(21)25)19-15(24)8-7-9-16(19)29-2/h3,7-9,12H,1,4-6,10-11H2,2H3. The van der Waals surface area contributed by atoms with Crippen LogP contribution >= 0.6 is 11.6 Å². The molecule has 0 aliphatic carbocycles. The molecule has 0 bridgehead atoms. The van der Waals surface area contributed by atoms with Crippen LogP contribution in [-0.4, -0.2) is 30.2 Å². The summed E-state index contributed by atoms with van der Waals surface area (Å²) in [6, 6.07) is 5.91. The van der Waals surface area contributed by atoms with Gasteiger partial charge in [0.15, 0.2) is 11.6 Å². The molecule has 1 aromatic heterocycles. The van der Waals surface area contributed by atoms with Gasteiger partial charge >= 0.3 is 0 Å². The van der Waals surface area contributed by atoms with Crippen LogP contribution < -0.4 is 9.64 Å². The first-order valence-electron chi connectivity index (χ1n) is 9.45. The summed E-state index contributed by atoms with van der Waals surface area (Å²) in [5.74, 6) is -0.207. The minimum atomic E-state index is -0.709. The minimum absolute atomic E-state index is 0.0299. The monoisotopic (exact) mass is 415 g/mol. The lowest BCUT2D eigenvalue weighted by Gasteiger charge is -2.29. The molecular formula is C22H20ClF2N3O. The molecule has 1 fully saturated rings. The molecule has 0 N–H and O–H groups in total. The van der Waals surface area contributed by atoms with Crippen LogP contribution in [0.3, 0.4) is 0 Å². The van der Waals surface area contributed by atoms with Crippen LogP contribution in [0.25, 0.3) is 28.1 Å². The van der Waals surface area contributed by atoms with E-state index < -0.39 is 11.6 Å². The topological polar surface area (TPSA) is 38.2 Å². The lowest BCUT2D eigenvalue weighted by atomic mass is 10.0. The van der Waals surface area contributed by atoms with Gasteiger partial charge in [0.25, 0.3) is 0 Å². The van der Waals surface area contributed by atoms with Crippen LogP contribution in [0.2, 0.25) is 5.02 Å². The van der Waals surface area contributed by atoms with E-state index in [2.05, 4.69) is 21.4 Å². The highest BCUT2D eigenvalue weighted by Gasteiger charge is 2.25. The Morgan fingerprint density at radius 3 is 2.59 bits per heavy atom. The van der Waals surface area contributed by atoms with E-state index in [1.807, 2.05) is 0 Å². The number of fused-ring (bicyclic) bond motifs is 1. The van der Waals surface area contributed by atoms with E-state index in [9.17, 15) is 4.39 Å². The summed E-state index contributed by atoms with van der Waals surface area (Å²) < 4.78 is 35.6. The first kappa shape index (κ1) is 19.6. The largest absolute Gasteiger partial charge is 0.496 e. The SMILES string of the molecule is C=Cc1nc(N2CCCCC2)c2cc(Cl)c(-c3c(F)cccc3OC)c(F)c2n1. The average molecular weight is 416 g/mol. The Hall–Kier alpha value is -2.73. The Kier molecular flexibility index (Phi) is 5.37. The molecule has 7 heteroatoms. The van der Waals surface area contributed by atoms with Crippen molar-refractivity contribution in [2.45, 2.75) is 19.3 Å². The van der Waals surface area contributed by atoms with Crippen LogP contribution in [0.15, 0.2) is 30.8 Å². The number of hydrogen-bond acceptors (Lipinski definition) is 4. The van der Waals surface area contributed by atoms with Gasteiger partial charge in [0, 0.05) is 24.0 Å². The van der Waals surface area contributed by atoms with Crippen molar-refractivity contribution in [1.82, 2.24) is 9.97 Å². The molecule has 0 unspecified atom stereocenters. The molecule has 4 rings (SSSR count). The van der Waals surface area contributed by atoms with Crippen molar-refractivity contribution < 1.29 is 13.5 Å². The van der Waals surface area contributed by atoms with Crippen molar-refractivity contribution in [3.05, 3.63) is 53.3 Å². The van der Waals surface area contributed by atoms with Gasteiger partial charge in [-0.15, -0.1) is 0 Å². The third-order valence-electron chi connectivity index (χ3n) is 5.16. The number of methoxy groups -OCH3 is 1. The molecule has 3 aromatic rings. The van der Waals surface area contributed by atoms with Gasteiger partial charge in [0.1, 0.15) is 22.9 Å². The number of hydrogen-bond donors (Lipinski definition) is 0. The highest BCUT2D eigenvalue weighted by atomic mass is 35.5. The number of halogens is 3. The van der Waals surface area contributed by atoms with Crippen molar-refractivity contribution in [1.29, 1.82) is 0 Å². The van der Waals surface area contributed by atoms with Crippen molar-refractivity contribution >= 4 is 34.4 Å². The van der Waals surface area contributed by atoms with E-state index in [1.54, 1.807) is 12.1 Å². The zero-order valence-electron chi connectivity index (χ0n) is 16.0. The van der Waals surface area contributed by atoms with Gasteiger partial charge in [0.05, 0.1) is 17.7 Å². The van der Waals surface area contributed by atoms with Gasteiger partial charge in [-0.1, -0.05) is 24.2 Å². The number of piperidine rings is 1. The summed E-state index contributed by atoms with van der Waals surface area (Å²) in [4.78, 5) is 11.0. The molecule has 2 aromatic carbocycles. The summed E-state index contributed by atoms with van der Waals surface area (Å²) >= 11 is 6.47. The number of anilines is 1. The Morgan fingerprint density at radius 2 is 1.90 bits per heavy atom. The first-order chi connectivity index (χ1) is 14.0. The smallest absolute Gasteiger partial charge is 0.159 e. The van der Waals surface area contributed by atoms with E-state index in [4.69, 9.17) is 16.3 Å². The fourth-order valence-corrected chi connectivity index (χ4v) is 4.07. The quantitative estimate of drug-likeness (QED) is 0.534.